The van der Waals surface area contributed by atoms with Gasteiger partial charge in [0.25, 0.3) is 0 Å². The fraction of sp³-hybridized carbons (Fsp3) is 0.476. The second kappa shape index (κ2) is 6.95. The van der Waals surface area contributed by atoms with Crippen LogP contribution >= 0.6 is 0 Å². The molecule has 2 aliphatic carbocycles. The Morgan fingerprint density at radius 2 is 1.92 bits per heavy atom. The number of ketones is 2. The third kappa shape index (κ3) is 3.73. The van der Waals surface area contributed by atoms with Crippen molar-refractivity contribution in [3.8, 4) is 0 Å². The molecule has 25 heavy (non-hydrogen) atoms. The van der Waals surface area contributed by atoms with Gasteiger partial charge in [-0.2, -0.15) is 0 Å². The molecule has 0 bridgehead atoms. The molecule has 1 fully saturated rings. The number of rotatable bonds is 6. The smallest absolute Gasteiger partial charge is 0.310 e. The first-order valence-corrected chi connectivity index (χ1v) is 8.54. The van der Waals surface area contributed by atoms with Gasteiger partial charge < -0.3 is 4.74 Å². The summed E-state index contributed by atoms with van der Waals surface area (Å²) in [5, 5.41) is 0. The summed E-state index contributed by atoms with van der Waals surface area (Å²) >= 11 is 0. The van der Waals surface area contributed by atoms with Gasteiger partial charge in [-0.3, -0.25) is 14.4 Å². The highest BCUT2D eigenvalue weighted by atomic mass is 16.5. The summed E-state index contributed by atoms with van der Waals surface area (Å²) in [6, 6.07) is 0. The molecule has 0 amide bonds. The van der Waals surface area contributed by atoms with Gasteiger partial charge in [-0.25, -0.2) is 0 Å². The van der Waals surface area contributed by atoms with E-state index in [2.05, 4.69) is 6.58 Å². The van der Waals surface area contributed by atoms with E-state index in [1.54, 1.807) is 25.2 Å². The molecule has 134 valence electrons. The molecule has 0 aromatic heterocycles. The SMILES string of the molecule is C=C/C=C/C1=C(C)C(OC(=O)C2C(/C=C(\C)C(C)=O)C2(C)C)CC1=O. The summed E-state index contributed by atoms with van der Waals surface area (Å²) < 4.78 is 5.64. The highest BCUT2D eigenvalue weighted by molar-refractivity contribution is 6.02. The maximum Gasteiger partial charge on any atom is 0.310 e. The van der Waals surface area contributed by atoms with Crippen molar-refractivity contribution in [2.45, 2.75) is 47.1 Å². The van der Waals surface area contributed by atoms with Crippen LogP contribution in [-0.2, 0) is 19.1 Å². The largest absolute Gasteiger partial charge is 0.457 e. The number of Topliss-reactive ketones (excluding diaryl/α,β-unsaturated/α-hetero) is 2. The first-order chi connectivity index (χ1) is 11.6. The molecular weight excluding hydrogens is 316 g/mol. The number of carbonyl (C=O) groups is 3. The summed E-state index contributed by atoms with van der Waals surface area (Å²) in [4.78, 5) is 36.1. The second-order valence-corrected chi connectivity index (χ2v) is 7.48. The number of allylic oxidation sites excluding steroid dienone is 6. The predicted molar refractivity (Wildman–Crippen MR) is 96.7 cm³/mol. The molecule has 0 aliphatic heterocycles. The fourth-order valence-electron chi connectivity index (χ4n) is 3.38. The Morgan fingerprint density at radius 3 is 2.48 bits per heavy atom. The lowest BCUT2D eigenvalue weighted by Crippen LogP contribution is -2.20. The molecule has 2 aliphatic rings. The lowest BCUT2D eigenvalue weighted by Gasteiger charge is -2.13. The zero-order valence-electron chi connectivity index (χ0n) is 15.6. The van der Waals surface area contributed by atoms with Crippen LogP contribution in [0.2, 0.25) is 0 Å². The Balaban J connectivity index is 2.11. The maximum absolute atomic E-state index is 12.6. The van der Waals surface area contributed by atoms with Crippen LogP contribution in [0.25, 0.3) is 0 Å². The first kappa shape index (κ1) is 19.1. The lowest BCUT2D eigenvalue weighted by molar-refractivity contribution is -0.150. The van der Waals surface area contributed by atoms with Crippen molar-refractivity contribution in [2.24, 2.45) is 17.3 Å². The summed E-state index contributed by atoms with van der Waals surface area (Å²) in [7, 11) is 0. The zero-order valence-corrected chi connectivity index (χ0v) is 15.6. The van der Waals surface area contributed by atoms with Crippen LogP contribution in [-0.4, -0.2) is 23.6 Å². The van der Waals surface area contributed by atoms with E-state index in [-0.39, 0.29) is 41.2 Å². The average molecular weight is 342 g/mol. The number of esters is 1. The summed E-state index contributed by atoms with van der Waals surface area (Å²) in [6.07, 6.45) is 6.58. The molecule has 0 N–H and O–H groups in total. The van der Waals surface area contributed by atoms with Gasteiger partial charge in [0.1, 0.15) is 6.10 Å². The summed E-state index contributed by atoms with van der Waals surface area (Å²) in [6.45, 7) is 12.7. The van der Waals surface area contributed by atoms with E-state index in [1.807, 2.05) is 26.8 Å². The van der Waals surface area contributed by atoms with E-state index >= 15 is 0 Å². The van der Waals surface area contributed by atoms with Crippen LogP contribution in [0.15, 0.2) is 47.6 Å². The van der Waals surface area contributed by atoms with Gasteiger partial charge in [0, 0.05) is 5.57 Å². The standard InChI is InChI=1S/C21H26O4/c1-7-8-9-15-13(3)18(11-17(15)23)25-20(24)19-16(21(19,5)6)10-12(2)14(4)22/h7-10,16,18-19H,1,11H2,2-6H3/b9-8+,12-10+. The fourth-order valence-corrected chi connectivity index (χ4v) is 3.38. The van der Waals surface area contributed by atoms with Gasteiger partial charge in [0.2, 0.25) is 0 Å². The van der Waals surface area contributed by atoms with Crippen molar-refractivity contribution < 1.29 is 19.1 Å². The monoisotopic (exact) mass is 342 g/mol. The normalized spacial score (nSPS) is 28.4. The molecule has 1 saturated carbocycles. The van der Waals surface area contributed by atoms with Crippen molar-refractivity contribution in [1.82, 2.24) is 0 Å². The highest BCUT2D eigenvalue weighted by Crippen LogP contribution is 2.60. The molecule has 3 unspecified atom stereocenters. The minimum Gasteiger partial charge on any atom is -0.457 e. The van der Waals surface area contributed by atoms with Crippen LogP contribution < -0.4 is 0 Å². The quantitative estimate of drug-likeness (QED) is 0.419. The molecule has 3 atom stereocenters. The van der Waals surface area contributed by atoms with Crippen molar-refractivity contribution >= 4 is 17.5 Å². The van der Waals surface area contributed by atoms with Gasteiger partial charge >= 0.3 is 5.97 Å². The molecule has 0 heterocycles. The first-order valence-electron chi connectivity index (χ1n) is 8.54. The second-order valence-electron chi connectivity index (χ2n) is 7.48. The Hall–Kier alpha value is -2.23. The topological polar surface area (TPSA) is 60.4 Å². The molecule has 0 aromatic carbocycles. The van der Waals surface area contributed by atoms with Gasteiger partial charge in [0.15, 0.2) is 11.6 Å². The molecule has 0 spiro atoms. The molecule has 4 heteroatoms. The van der Waals surface area contributed by atoms with Crippen molar-refractivity contribution in [2.75, 3.05) is 0 Å². The van der Waals surface area contributed by atoms with Gasteiger partial charge in [-0.15, -0.1) is 0 Å². The molecular formula is C21H26O4. The van der Waals surface area contributed by atoms with Gasteiger partial charge in [-0.1, -0.05) is 44.7 Å². The Labute approximate surface area is 149 Å². The third-order valence-corrected chi connectivity index (χ3v) is 5.39. The Morgan fingerprint density at radius 1 is 1.28 bits per heavy atom. The van der Waals surface area contributed by atoms with E-state index in [1.165, 1.54) is 6.92 Å². The number of carbonyl (C=O) groups excluding carboxylic acids is 3. The van der Waals surface area contributed by atoms with Crippen molar-refractivity contribution in [3.05, 3.63) is 47.6 Å². The number of ether oxygens (including phenoxy) is 1. The highest BCUT2D eigenvalue weighted by Gasteiger charge is 2.62. The number of hydrogen-bond acceptors (Lipinski definition) is 4. The molecule has 4 nitrogen and oxygen atoms in total. The van der Waals surface area contributed by atoms with Crippen LogP contribution in [0.5, 0.6) is 0 Å². The maximum atomic E-state index is 12.6. The predicted octanol–water partition coefficient (Wildman–Crippen LogP) is 3.74. The summed E-state index contributed by atoms with van der Waals surface area (Å²) in [5.74, 6) is -0.599. The van der Waals surface area contributed by atoms with Crippen LogP contribution in [0.1, 0.15) is 41.0 Å². The summed E-state index contributed by atoms with van der Waals surface area (Å²) in [5.41, 5.74) is 1.80. The molecule has 0 aromatic rings. The van der Waals surface area contributed by atoms with Crippen LogP contribution in [0, 0.1) is 17.3 Å². The average Bonchev–Trinajstić information content (AvgIpc) is 2.95. The van der Waals surface area contributed by atoms with Crippen molar-refractivity contribution in [1.29, 1.82) is 0 Å². The lowest BCUT2D eigenvalue weighted by atomic mass is 10.1. The Bertz CT molecular complexity index is 718. The number of hydrogen-bond donors (Lipinski definition) is 0. The van der Waals surface area contributed by atoms with E-state index in [4.69, 9.17) is 4.74 Å². The van der Waals surface area contributed by atoms with E-state index in [0.717, 1.165) is 5.57 Å². The molecule has 0 saturated heterocycles. The van der Waals surface area contributed by atoms with Gasteiger partial charge in [-0.05, 0) is 43.3 Å². The minimum absolute atomic E-state index is 0.00799. The minimum atomic E-state index is -0.501. The van der Waals surface area contributed by atoms with E-state index in [0.29, 0.717) is 11.1 Å². The molecule has 2 rings (SSSR count). The van der Waals surface area contributed by atoms with Crippen LogP contribution in [0.4, 0.5) is 0 Å². The zero-order chi connectivity index (χ0) is 18.9. The molecule has 0 radical (unpaired) electrons. The van der Waals surface area contributed by atoms with Crippen molar-refractivity contribution in [3.63, 3.8) is 0 Å². The van der Waals surface area contributed by atoms with E-state index < -0.39 is 6.10 Å². The Kier molecular flexibility index (Phi) is 5.31. The van der Waals surface area contributed by atoms with E-state index in [9.17, 15) is 14.4 Å². The van der Waals surface area contributed by atoms with Gasteiger partial charge in [0.05, 0.1) is 12.3 Å². The third-order valence-electron chi connectivity index (χ3n) is 5.39. The van der Waals surface area contributed by atoms with Crippen LogP contribution in [0.3, 0.4) is 0 Å².